The van der Waals surface area contributed by atoms with E-state index < -0.39 is 0 Å². The second kappa shape index (κ2) is 13.3. The zero-order valence-corrected chi connectivity index (χ0v) is 31.2. The first-order valence-electron chi connectivity index (χ1n) is 19.8. The highest BCUT2D eigenvalue weighted by atomic mass is 16.3. The van der Waals surface area contributed by atoms with E-state index in [-0.39, 0.29) is 5.41 Å². The van der Waals surface area contributed by atoms with Crippen LogP contribution in [-0.4, -0.2) is 15.0 Å². The van der Waals surface area contributed by atoms with Crippen LogP contribution < -0.4 is 0 Å². The second-order valence-corrected chi connectivity index (χ2v) is 15.4. The second-order valence-electron chi connectivity index (χ2n) is 15.4. The summed E-state index contributed by atoms with van der Waals surface area (Å²) >= 11 is 0. The van der Waals surface area contributed by atoms with Crippen LogP contribution in [0.4, 0.5) is 0 Å². The number of benzene rings is 7. The van der Waals surface area contributed by atoms with Gasteiger partial charge in [0.25, 0.3) is 0 Å². The molecule has 0 saturated heterocycles. The highest BCUT2D eigenvalue weighted by Gasteiger charge is 2.44. The number of fused-ring (bicyclic) bond motifs is 8. The van der Waals surface area contributed by atoms with Crippen LogP contribution in [0, 0.1) is 11.3 Å². The predicted octanol–water partition coefficient (Wildman–Crippen LogP) is 13.2. The normalized spacial score (nSPS) is 14.1. The summed E-state index contributed by atoms with van der Waals surface area (Å²) < 4.78 is 6.39. The Kier molecular flexibility index (Phi) is 7.72. The van der Waals surface area contributed by atoms with Gasteiger partial charge in [-0.2, -0.15) is 5.26 Å². The van der Waals surface area contributed by atoms with Crippen molar-refractivity contribution in [1.29, 1.82) is 5.26 Å². The molecule has 57 heavy (non-hydrogen) atoms. The van der Waals surface area contributed by atoms with E-state index in [1.54, 1.807) is 0 Å². The van der Waals surface area contributed by atoms with Gasteiger partial charge in [-0.1, -0.05) is 153 Å². The van der Waals surface area contributed by atoms with Crippen molar-refractivity contribution in [2.45, 2.75) is 37.5 Å². The molecule has 0 unspecified atom stereocenters. The number of hydrogen-bond donors (Lipinski definition) is 0. The first-order chi connectivity index (χ1) is 28.2. The molecule has 11 rings (SSSR count). The van der Waals surface area contributed by atoms with E-state index in [0.717, 1.165) is 68.2 Å². The van der Waals surface area contributed by atoms with Gasteiger partial charge in [0.1, 0.15) is 11.2 Å². The molecule has 1 fully saturated rings. The van der Waals surface area contributed by atoms with Gasteiger partial charge in [-0.05, 0) is 81.6 Å². The SMILES string of the molecule is N#Cc1ccc2c(c1)C1(CCCCC1)c1cccc(-c3ccc(-c4ccc(-c5nc(-c6ccccc6)nc(-c6cccc7c6oc6ccccc67)n5)cc4)cc3)c1-2. The van der Waals surface area contributed by atoms with Crippen LogP contribution >= 0.6 is 0 Å². The third-order valence-electron chi connectivity index (χ3n) is 12.2. The third kappa shape index (κ3) is 5.40. The fraction of sp³-hybridized carbons (Fsp3) is 0.115. The zero-order valence-electron chi connectivity index (χ0n) is 31.2. The maximum Gasteiger partial charge on any atom is 0.167 e. The summed E-state index contributed by atoms with van der Waals surface area (Å²) in [6.45, 7) is 0. The Labute approximate surface area is 331 Å². The molecule has 0 amide bonds. The molecule has 270 valence electrons. The number of rotatable bonds is 5. The van der Waals surface area contributed by atoms with Crippen LogP contribution in [0.1, 0.15) is 48.8 Å². The average molecular weight is 733 g/mol. The van der Waals surface area contributed by atoms with E-state index in [0.29, 0.717) is 17.5 Å². The fourth-order valence-electron chi connectivity index (χ4n) is 9.47. The van der Waals surface area contributed by atoms with Crippen LogP contribution in [-0.2, 0) is 5.41 Å². The van der Waals surface area contributed by atoms with E-state index in [2.05, 4.69) is 97.1 Å². The first-order valence-corrected chi connectivity index (χ1v) is 19.8. The summed E-state index contributed by atoms with van der Waals surface area (Å²) in [5, 5.41) is 11.9. The number of aromatic nitrogens is 3. The maximum absolute atomic E-state index is 9.80. The molecular formula is C52H36N4O. The van der Waals surface area contributed by atoms with Crippen molar-refractivity contribution in [3.05, 3.63) is 174 Å². The van der Waals surface area contributed by atoms with Gasteiger partial charge in [-0.25, -0.2) is 15.0 Å². The lowest BCUT2D eigenvalue weighted by molar-refractivity contribution is 0.353. The van der Waals surface area contributed by atoms with Gasteiger partial charge >= 0.3 is 0 Å². The van der Waals surface area contributed by atoms with Crippen LogP contribution in [0.2, 0.25) is 0 Å². The van der Waals surface area contributed by atoms with Gasteiger partial charge in [0.15, 0.2) is 17.5 Å². The number of furan rings is 1. The quantitative estimate of drug-likeness (QED) is 0.176. The largest absolute Gasteiger partial charge is 0.455 e. The Morgan fingerprint density at radius 3 is 1.84 bits per heavy atom. The van der Waals surface area contributed by atoms with Gasteiger partial charge in [0.05, 0.1) is 17.2 Å². The van der Waals surface area contributed by atoms with Gasteiger partial charge < -0.3 is 4.42 Å². The molecule has 0 bridgehead atoms. The lowest BCUT2D eigenvalue weighted by Crippen LogP contribution is -2.28. The highest BCUT2D eigenvalue weighted by Crippen LogP contribution is 2.58. The molecular weight excluding hydrogens is 697 g/mol. The van der Waals surface area contributed by atoms with Crippen molar-refractivity contribution < 1.29 is 4.42 Å². The first kappa shape index (κ1) is 33.2. The summed E-state index contributed by atoms with van der Waals surface area (Å²) in [6, 6.07) is 57.3. The third-order valence-corrected chi connectivity index (χ3v) is 12.2. The average Bonchev–Trinajstić information content (AvgIpc) is 3.80. The molecule has 2 aliphatic rings. The maximum atomic E-state index is 9.80. The van der Waals surface area contributed by atoms with E-state index in [1.165, 1.54) is 52.6 Å². The van der Waals surface area contributed by atoms with Crippen molar-refractivity contribution in [3.8, 4) is 73.6 Å². The molecule has 2 aliphatic carbocycles. The van der Waals surface area contributed by atoms with E-state index >= 15 is 0 Å². The summed E-state index contributed by atoms with van der Waals surface area (Å²) in [5.74, 6) is 1.78. The Balaban J connectivity index is 0.949. The molecule has 9 aromatic rings. The Morgan fingerprint density at radius 2 is 1.09 bits per heavy atom. The predicted molar refractivity (Wildman–Crippen MR) is 228 cm³/mol. The molecule has 0 radical (unpaired) electrons. The van der Waals surface area contributed by atoms with Crippen LogP contribution in [0.25, 0.3) is 89.5 Å². The molecule has 1 spiro atoms. The summed E-state index contributed by atoms with van der Waals surface area (Å²) in [5.41, 5.74) is 15.1. The van der Waals surface area contributed by atoms with E-state index in [1.807, 2.05) is 66.7 Å². The van der Waals surface area contributed by atoms with Crippen molar-refractivity contribution in [2.75, 3.05) is 0 Å². The number of nitrogens with zero attached hydrogens (tertiary/aromatic N) is 4. The van der Waals surface area contributed by atoms with Crippen LogP contribution in [0.15, 0.2) is 162 Å². The van der Waals surface area contributed by atoms with Crippen molar-refractivity contribution >= 4 is 21.9 Å². The van der Waals surface area contributed by atoms with Crippen molar-refractivity contribution in [1.82, 2.24) is 15.0 Å². The number of nitriles is 1. The minimum Gasteiger partial charge on any atom is -0.455 e. The molecule has 0 aliphatic heterocycles. The van der Waals surface area contributed by atoms with E-state index in [9.17, 15) is 5.26 Å². The van der Waals surface area contributed by atoms with Gasteiger partial charge in [0.2, 0.25) is 0 Å². The molecule has 2 heterocycles. The Bertz CT molecular complexity index is 3040. The topological polar surface area (TPSA) is 75.6 Å². The fourth-order valence-corrected chi connectivity index (χ4v) is 9.47. The molecule has 2 aromatic heterocycles. The summed E-state index contributed by atoms with van der Waals surface area (Å²) in [7, 11) is 0. The molecule has 5 nitrogen and oxygen atoms in total. The number of para-hydroxylation sites is 2. The molecule has 5 heteroatoms. The molecule has 7 aromatic carbocycles. The summed E-state index contributed by atoms with van der Waals surface area (Å²) in [6.07, 6.45) is 5.98. The van der Waals surface area contributed by atoms with Crippen molar-refractivity contribution in [2.24, 2.45) is 0 Å². The van der Waals surface area contributed by atoms with Gasteiger partial charge in [0, 0.05) is 27.3 Å². The standard InChI is InChI=1S/C52H36N4O/c53-32-33-19-28-42-45(31-33)52(29-7-2-8-30-52)44-17-10-14-39(47(42)44)36-24-20-34(21-25-36)35-22-26-38(27-23-35)50-54-49(37-11-3-1-4-12-37)55-51(56-50)43-16-9-15-41-40-13-5-6-18-46(40)57-48(41)43/h1,3-6,9-28,31H,2,7-8,29-30H2. The lowest BCUT2D eigenvalue weighted by Gasteiger charge is -2.36. The molecule has 0 atom stereocenters. The van der Waals surface area contributed by atoms with Crippen LogP contribution in [0.3, 0.4) is 0 Å². The van der Waals surface area contributed by atoms with Gasteiger partial charge in [-0.15, -0.1) is 0 Å². The molecule has 1 saturated carbocycles. The van der Waals surface area contributed by atoms with Crippen molar-refractivity contribution in [3.63, 3.8) is 0 Å². The monoisotopic (exact) mass is 732 g/mol. The minimum atomic E-state index is -0.00458. The smallest absolute Gasteiger partial charge is 0.167 e. The number of hydrogen-bond acceptors (Lipinski definition) is 5. The minimum absolute atomic E-state index is 0.00458. The van der Waals surface area contributed by atoms with E-state index in [4.69, 9.17) is 19.4 Å². The molecule has 0 N–H and O–H groups in total. The van der Waals surface area contributed by atoms with Gasteiger partial charge in [-0.3, -0.25) is 0 Å². The highest BCUT2D eigenvalue weighted by molar-refractivity contribution is 6.09. The zero-order chi connectivity index (χ0) is 37.9. The summed E-state index contributed by atoms with van der Waals surface area (Å²) in [4.78, 5) is 15.0. The van der Waals surface area contributed by atoms with Crippen LogP contribution in [0.5, 0.6) is 0 Å². The Morgan fingerprint density at radius 1 is 0.474 bits per heavy atom. The Hall–Kier alpha value is -7.16. The lowest BCUT2D eigenvalue weighted by atomic mass is 9.67.